The summed E-state index contributed by atoms with van der Waals surface area (Å²) in [5, 5.41) is 2.93. The SMILES string of the molecule is CCCCCC(=O)Nc1ccc(CCC)cc1. The molecular formula is C15H23NO. The van der Waals surface area contributed by atoms with Gasteiger partial charge in [0.1, 0.15) is 0 Å². The maximum absolute atomic E-state index is 11.6. The molecule has 0 unspecified atom stereocenters. The molecule has 0 radical (unpaired) electrons. The highest BCUT2D eigenvalue weighted by Crippen LogP contribution is 2.12. The molecule has 1 aromatic rings. The third-order valence-corrected chi connectivity index (χ3v) is 2.78. The molecule has 1 N–H and O–H groups in total. The van der Waals surface area contributed by atoms with Gasteiger partial charge in [-0.2, -0.15) is 0 Å². The van der Waals surface area contributed by atoms with Crippen LogP contribution in [0.1, 0.15) is 51.5 Å². The van der Waals surface area contributed by atoms with Gasteiger partial charge in [-0.1, -0.05) is 45.2 Å². The Bertz CT molecular complexity index is 329. The Morgan fingerprint density at radius 2 is 1.76 bits per heavy atom. The van der Waals surface area contributed by atoms with Gasteiger partial charge in [0.25, 0.3) is 0 Å². The molecule has 0 aromatic heterocycles. The summed E-state index contributed by atoms with van der Waals surface area (Å²) in [5.74, 6) is 0.127. The highest BCUT2D eigenvalue weighted by Gasteiger charge is 2.01. The molecule has 0 bridgehead atoms. The van der Waals surface area contributed by atoms with Crippen molar-refractivity contribution in [2.45, 2.75) is 52.4 Å². The van der Waals surface area contributed by atoms with E-state index >= 15 is 0 Å². The molecule has 0 fully saturated rings. The lowest BCUT2D eigenvalue weighted by atomic mass is 10.1. The van der Waals surface area contributed by atoms with Crippen LogP contribution in [0, 0.1) is 0 Å². The number of nitrogens with one attached hydrogen (secondary N) is 1. The zero-order chi connectivity index (χ0) is 12.5. The maximum atomic E-state index is 11.6. The third kappa shape index (κ3) is 5.53. The van der Waals surface area contributed by atoms with Crippen LogP contribution in [-0.4, -0.2) is 5.91 Å². The van der Waals surface area contributed by atoms with Crippen LogP contribution in [0.2, 0.25) is 0 Å². The first-order valence-electron chi connectivity index (χ1n) is 6.65. The summed E-state index contributed by atoms with van der Waals surface area (Å²) in [6.07, 6.45) is 6.15. The zero-order valence-electron chi connectivity index (χ0n) is 11.0. The molecular weight excluding hydrogens is 210 g/mol. The van der Waals surface area contributed by atoms with Crippen molar-refractivity contribution in [3.05, 3.63) is 29.8 Å². The molecule has 94 valence electrons. The first kappa shape index (κ1) is 13.8. The predicted molar refractivity (Wildman–Crippen MR) is 73.2 cm³/mol. The quantitative estimate of drug-likeness (QED) is 0.704. The van der Waals surface area contributed by atoms with E-state index in [-0.39, 0.29) is 5.91 Å². The monoisotopic (exact) mass is 233 g/mol. The standard InChI is InChI=1S/C15H23NO/c1-3-5-6-8-15(17)16-14-11-9-13(7-4-2)10-12-14/h9-12H,3-8H2,1-2H3,(H,16,17). The maximum Gasteiger partial charge on any atom is 0.224 e. The highest BCUT2D eigenvalue weighted by molar-refractivity contribution is 5.90. The van der Waals surface area contributed by atoms with E-state index in [2.05, 4.69) is 31.3 Å². The number of hydrogen-bond donors (Lipinski definition) is 1. The van der Waals surface area contributed by atoms with Gasteiger partial charge in [0.2, 0.25) is 5.91 Å². The fourth-order valence-corrected chi connectivity index (χ4v) is 1.80. The summed E-state index contributed by atoms with van der Waals surface area (Å²) in [6, 6.07) is 8.15. The minimum atomic E-state index is 0.127. The number of benzene rings is 1. The first-order valence-corrected chi connectivity index (χ1v) is 6.65. The molecule has 17 heavy (non-hydrogen) atoms. The van der Waals surface area contributed by atoms with E-state index in [9.17, 15) is 4.79 Å². The molecule has 0 spiro atoms. The normalized spacial score (nSPS) is 10.2. The Kier molecular flexibility index (Phi) is 6.38. The summed E-state index contributed by atoms with van der Waals surface area (Å²) in [6.45, 7) is 4.31. The van der Waals surface area contributed by atoms with Crippen LogP contribution in [0.25, 0.3) is 0 Å². The second-order valence-electron chi connectivity index (χ2n) is 4.45. The van der Waals surface area contributed by atoms with E-state index in [1.807, 2.05) is 12.1 Å². The van der Waals surface area contributed by atoms with Crippen molar-refractivity contribution in [1.82, 2.24) is 0 Å². The molecule has 2 nitrogen and oxygen atoms in total. The van der Waals surface area contributed by atoms with Crippen molar-refractivity contribution >= 4 is 11.6 Å². The van der Waals surface area contributed by atoms with Crippen molar-refractivity contribution in [3.8, 4) is 0 Å². The van der Waals surface area contributed by atoms with Crippen LogP contribution in [0.3, 0.4) is 0 Å². The number of amides is 1. The van der Waals surface area contributed by atoms with Crippen molar-refractivity contribution in [2.75, 3.05) is 5.32 Å². The van der Waals surface area contributed by atoms with Crippen LogP contribution in [-0.2, 0) is 11.2 Å². The van der Waals surface area contributed by atoms with Gasteiger partial charge in [0.05, 0.1) is 0 Å². The number of anilines is 1. The molecule has 0 atom stereocenters. The molecule has 0 aliphatic carbocycles. The largest absolute Gasteiger partial charge is 0.326 e. The number of unbranched alkanes of at least 4 members (excludes halogenated alkanes) is 2. The Labute approximate surface area is 104 Å². The number of carbonyl (C=O) groups is 1. The average Bonchev–Trinajstić information content (AvgIpc) is 2.32. The fourth-order valence-electron chi connectivity index (χ4n) is 1.80. The number of aryl methyl sites for hydroxylation is 1. The molecule has 1 rings (SSSR count). The van der Waals surface area contributed by atoms with Crippen LogP contribution in [0.5, 0.6) is 0 Å². The topological polar surface area (TPSA) is 29.1 Å². The highest BCUT2D eigenvalue weighted by atomic mass is 16.1. The number of rotatable bonds is 7. The van der Waals surface area contributed by atoms with Crippen molar-refractivity contribution < 1.29 is 4.79 Å². The first-order chi connectivity index (χ1) is 8.26. The lowest BCUT2D eigenvalue weighted by Crippen LogP contribution is -2.10. The smallest absolute Gasteiger partial charge is 0.224 e. The van der Waals surface area contributed by atoms with Gasteiger partial charge in [0.15, 0.2) is 0 Å². The van der Waals surface area contributed by atoms with Crippen molar-refractivity contribution in [2.24, 2.45) is 0 Å². The summed E-state index contributed by atoms with van der Waals surface area (Å²) in [5.41, 5.74) is 2.24. The summed E-state index contributed by atoms with van der Waals surface area (Å²) >= 11 is 0. The average molecular weight is 233 g/mol. The number of carbonyl (C=O) groups excluding carboxylic acids is 1. The predicted octanol–water partition coefficient (Wildman–Crippen LogP) is 4.16. The Morgan fingerprint density at radius 1 is 1.06 bits per heavy atom. The van der Waals surface area contributed by atoms with E-state index in [0.717, 1.165) is 37.8 Å². The molecule has 0 saturated heterocycles. The van der Waals surface area contributed by atoms with E-state index < -0.39 is 0 Å². The Morgan fingerprint density at radius 3 is 2.35 bits per heavy atom. The van der Waals surface area contributed by atoms with Crippen LogP contribution in [0.15, 0.2) is 24.3 Å². The molecule has 1 aromatic carbocycles. The summed E-state index contributed by atoms with van der Waals surface area (Å²) in [7, 11) is 0. The minimum absolute atomic E-state index is 0.127. The summed E-state index contributed by atoms with van der Waals surface area (Å²) < 4.78 is 0. The van der Waals surface area contributed by atoms with Gasteiger partial charge < -0.3 is 5.32 Å². The van der Waals surface area contributed by atoms with E-state index in [1.165, 1.54) is 5.56 Å². The minimum Gasteiger partial charge on any atom is -0.326 e. The molecule has 0 aliphatic heterocycles. The van der Waals surface area contributed by atoms with E-state index in [4.69, 9.17) is 0 Å². The molecule has 1 amide bonds. The van der Waals surface area contributed by atoms with Gasteiger partial charge in [-0.05, 0) is 30.5 Å². The van der Waals surface area contributed by atoms with Crippen LogP contribution < -0.4 is 5.32 Å². The molecule has 0 heterocycles. The number of hydrogen-bond acceptors (Lipinski definition) is 1. The van der Waals surface area contributed by atoms with Gasteiger partial charge in [-0.25, -0.2) is 0 Å². The van der Waals surface area contributed by atoms with Gasteiger partial charge >= 0.3 is 0 Å². The Balaban J connectivity index is 2.37. The lowest BCUT2D eigenvalue weighted by Gasteiger charge is -2.06. The van der Waals surface area contributed by atoms with E-state index in [1.54, 1.807) is 0 Å². The Hall–Kier alpha value is -1.31. The molecule has 0 aliphatic rings. The second-order valence-corrected chi connectivity index (χ2v) is 4.45. The van der Waals surface area contributed by atoms with E-state index in [0.29, 0.717) is 6.42 Å². The summed E-state index contributed by atoms with van der Waals surface area (Å²) in [4.78, 5) is 11.6. The fraction of sp³-hybridized carbons (Fsp3) is 0.533. The van der Waals surface area contributed by atoms with Crippen molar-refractivity contribution in [1.29, 1.82) is 0 Å². The lowest BCUT2D eigenvalue weighted by molar-refractivity contribution is -0.116. The molecule has 0 saturated carbocycles. The third-order valence-electron chi connectivity index (χ3n) is 2.78. The second kappa shape index (κ2) is 7.88. The van der Waals surface area contributed by atoms with Crippen LogP contribution in [0.4, 0.5) is 5.69 Å². The molecule has 2 heteroatoms. The van der Waals surface area contributed by atoms with Crippen LogP contribution >= 0.6 is 0 Å². The van der Waals surface area contributed by atoms with Gasteiger partial charge in [0, 0.05) is 12.1 Å². The van der Waals surface area contributed by atoms with Gasteiger partial charge in [-0.15, -0.1) is 0 Å². The van der Waals surface area contributed by atoms with Crippen molar-refractivity contribution in [3.63, 3.8) is 0 Å². The van der Waals surface area contributed by atoms with Gasteiger partial charge in [-0.3, -0.25) is 4.79 Å². The zero-order valence-corrected chi connectivity index (χ0v) is 11.0.